The predicted octanol–water partition coefficient (Wildman–Crippen LogP) is 4.59. The smallest absolute Gasteiger partial charge is 0.170 e. The second-order valence-corrected chi connectivity index (χ2v) is 4.88. The van der Waals surface area contributed by atoms with Crippen molar-refractivity contribution in [2.45, 2.75) is 22.9 Å². The first-order valence-electron chi connectivity index (χ1n) is 3.98. The van der Waals surface area contributed by atoms with Crippen LogP contribution in [0.15, 0.2) is 21.9 Å². The molecule has 84 valence electrons. The van der Waals surface area contributed by atoms with Gasteiger partial charge in [-0.05, 0) is 24.6 Å². The molecule has 6 heteroatoms. The Balaban J connectivity index is 2.82. The van der Waals surface area contributed by atoms with E-state index < -0.39 is 11.9 Å². The van der Waals surface area contributed by atoms with Crippen LogP contribution in [-0.4, -0.2) is 11.9 Å². The van der Waals surface area contributed by atoms with Gasteiger partial charge in [0.15, 0.2) is 0 Å². The fraction of sp³-hybridized carbons (Fsp3) is 0.333. The van der Waals surface area contributed by atoms with Crippen molar-refractivity contribution in [2.75, 3.05) is 5.75 Å². The van der Waals surface area contributed by atoms with Crippen LogP contribution in [-0.2, 0) is 0 Å². The molecule has 0 saturated carbocycles. The fourth-order valence-electron chi connectivity index (χ4n) is 0.920. The van der Waals surface area contributed by atoms with Crippen molar-refractivity contribution in [1.29, 1.82) is 0 Å². The summed E-state index contributed by atoms with van der Waals surface area (Å²) in [5.41, 5.74) is 0.749. The number of thioether (sulfide) groups is 1. The van der Waals surface area contributed by atoms with E-state index in [1.807, 2.05) is 0 Å². The van der Waals surface area contributed by atoms with Gasteiger partial charge in [-0.2, -0.15) is 13.2 Å². The third kappa shape index (κ3) is 4.17. The van der Waals surface area contributed by atoms with E-state index >= 15 is 0 Å². The summed E-state index contributed by atoms with van der Waals surface area (Å²) < 4.78 is 35.9. The second kappa shape index (κ2) is 4.89. The first kappa shape index (κ1) is 13.1. The molecule has 0 aliphatic carbocycles. The standard InChI is InChI=1S/C9H8ClF3S2/c1-5-2-8(7(14)3-6(5)10)15-4-9(11,12)13/h2-3,14H,4H2,1H3. The lowest BCUT2D eigenvalue weighted by Crippen LogP contribution is -2.10. The molecular formula is C9H8ClF3S2. The Morgan fingerprint density at radius 2 is 2.00 bits per heavy atom. The summed E-state index contributed by atoms with van der Waals surface area (Å²) in [5, 5.41) is 0.511. The molecule has 0 radical (unpaired) electrons. The minimum atomic E-state index is -4.17. The van der Waals surface area contributed by atoms with Crippen LogP contribution in [0.5, 0.6) is 0 Å². The van der Waals surface area contributed by atoms with Crippen LogP contribution in [0.2, 0.25) is 5.02 Å². The molecule has 15 heavy (non-hydrogen) atoms. The molecular weight excluding hydrogens is 265 g/mol. The lowest BCUT2D eigenvalue weighted by Gasteiger charge is -2.09. The maximum absolute atomic E-state index is 12.0. The monoisotopic (exact) mass is 272 g/mol. The Hall–Kier alpha value is -0.000000000000000111. The molecule has 0 aliphatic rings. The van der Waals surface area contributed by atoms with Gasteiger partial charge in [-0.1, -0.05) is 11.6 Å². The Kier molecular flexibility index (Phi) is 4.26. The third-order valence-electron chi connectivity index (χ3n) is 1.63. The number of rotatable bonds is 2. The van der Waals surface area contributed by atoms with Gasteiger partial charge in [-0.25, -0.2) is 0 Å². The summed E-state index contributed by atoms with van der Waals surface area (Å²) in [6.07, 6.45) is -4.17. The fourth-order valence-corrected chi connectivity index (χ4v) is 2.33. The molecule has 0 nitrogen and oxygen atoms in total. The van der Waals surface area contributed by atoms with Gasteiger partial charge in [0.25, 0.3) is 0 Å². The van der Waals surface area contributed by atoms with E-state index in [0.29, 0.717) is 26.6 Å². The highest BCUT2D eigenvalue weighted by atomic mass is 35.5. The molecule has 1 rings (SSSR count). The summed E-state index contributed by atoms with van der Waals surface area (Å²) in [4.78, 5) is 0.970. The van der Waals surface area contributed by atoms with Crippen LogP contribution in [0.3, 0.4) is 0 Å². The molecule has 0 N–H and O–H groups in total. The van der Waals surface area contributed by atoms with Crippen molar-refractivity contribution < 1.29 is 13.2 Å². The van der Waals surface area contributed by atoms with Crippen LogP contribution in [0, 0.1) is 6.92 Å². The minimum Gasteiger partial charge on any atom is -0.170 e. The normalized spacial score (nSPS) is 11.9. The largest absolute Gasteiger partial charge is 0.398 e. The third-order valence-corrected chi connectivity index (χ3v) is 3.68. The molecule has 0 heterocycles. The Bertz CT molecular complexity index is 363. The number of alkyl halides is 3. The lowest BCUT2D eigenvalue weighted by molar-refractivity contribution is -0.105. The van der Waals surface area contributed by atoms with E-state index in [1.165, 1.54) is 0 Å². The zero-order valence-electron chi connectivity index (χ0n) is 7.73. The van der Waals surface area contributed by atoms with E-state index in [4.69, 9.17) is 11.6 Å². The highest BCUT2D eigenvalue weighted by Crippen LogP contribution is 2.34. The van der Waals surface area contributed by atoms with Crippen molar-refractivity contribution in [3.8, 4) is 0 Å². The molecule has 0 aliphatic heterocycles. The molecule has 0 bridgehead atoms. The zero-order chi connectivity index (χ0) is 11.6. The summed E-state index contributed by atoms with van der Waals surface area (Å²) in [7, 11) is 0. The van der Waals surface area contributed by atoms with E-state index in [-0.39, 0.29) is 0 Å². The molecule has 0 unspecified atom stereocenters. The summed E-state index contributed by atoms with van der Waals surface area (Å²) in [6, 6.07) is 3.17. The van der Waals surface area contributed by atoms with E-state index in [2.05, 4.69) is 12.6 Å². The molecule has 1 aromatic rings. The number of hydrogen-bond acceptors (Lipinski definition) is 2. The van der Waals surface area contributed by atoms with E-state index in [9.17, 15) is 13.2 Å². The Labute approximate surface area is 101 Å². The van der Waals surface area contributed by atoms with Crippen molar-refractivity contribution in [1.82, 2.24) is 0 Å². The van der Waals surface area contributed by atoms with Crippen molar-refractivity contribution >= 4 is 36.0 Å². The average molecular weight is 273 g/mol. The van der Waals surface area contributed by atoms with Gasteiger partial charge in [0.1, 0.15) is 0 Å². The maximum atomic E-state index is 12.0. The number of halogens is 4. The molecule has 0 aromatic heterocycles. The Morgan fingerprint density at radius 3 is 2.53 bits per heavy atom. The van der Waals surface area contributed by atoms with Gasteiger partial charge < -0.3 is 0 Å². The van der Waals surface area contributed by atoms with E-state index in [0.717, 1.165) is 5.56 Å². The summed E-state index contributed by atoms with van der Waals surface area (Å²) in [5.74, 6) is -0.915. The van der Waals surface area contributed by atoms with Gasteiger partial charge in [-0.3, -0.25) is 0 Å². The number of benzene rings is 1. The SMILES string of the molecule is Cc1cc(SCC(F)(F)F)c(S)cc1Cl. The molecule has 0 fully saturated rings. The topological polar surface area (TPSA) is 0 Å². The molecule has 0 spiro atoms. The number of aryl methyl sites for hydroxylation is 1. The van der Waals surface area contributed by atoms with Crippen LogP contribution in [0.25, 0.3) is 0 Å². The molecule has 1 aromatic carbocycles. The molecule has 0 atom stereocenters. The van der Waals surface area contributed by atoms with Gasteiger partial charge >= 0.3 is 6.18 Å². The lowest BCUT2D eigenvalue weighted by atomic mass is 10.2. The highest BCUT2D eigenvalue weighted by molar-refractivity contribution is 7.99. The van der Waals surface area contributed by atoms with Crippen LogP contribution in [0.4, 0.5) is 13.2 Å². The van der Waals surface area contributed by atoms with Gasteiger partial charge in [0.05, 0.1) is 5.75 Å². The zero-order valence-corrected chi connectivity index (χ0v) is 10.2. The average Bonchev–Trinajstić information content (AvgIpc) is 2.07. The first-order valence-corrected chi connectivity index (χ1v) is 5.79. The van der Waals surface area contributed by atoms with Gasteiger partial charge in [0.2, 0.25) is 0 Å². The van der Waals surface area contributed by atoms with Crippen LogP contribution in [0.1, 0.15) is 5.56 Å². The molecule has 0 amide bonds. The Morgan fingerprint density at radius 1 is 1.40 bits per heavy atom. The van der Waals surface area contributed by atoms with Crippen LogP contribution < -0.4 is 0 Å². The van der Waals surface area contributed by atoms with Crippen molar-refractivity contribution in [3.05, 3.63) is 22.7 Å². The van der Waals surface area contributed by atoms with Crippen molar-refractivity contribution in [3.63, 3.8) is 0 Å². The first-order chi connectivity index (χ1) is 6.79. The highest BCUT2D eigenvalue weighted by Gasteiger charge is 2.27. The van der Waals surface area contributed by atoms with E-state index in [1.54, 1.807) is 19.1 Å². The second-order valence-electron chi connectivity index (χ2n) is 2.97. The van der Waals surface area contributed by atoms with Gasteiger partial charge in [0, 0.05) is 14.8 Å². The maximum Gasteiger partial charge on any atom is 0.398 e. The van der Waals surface area contributed by atoms with Gasteiger partial charge in [-0.15, -0.1) is 24.4 Å². The quantitative estimate of drug-likeness (QED) is 0.607. The summed E-state index contributed by atoms with van der Waals surface area (Å²) in [6.45, 7) is 1.74. The van der Waals surface area contributed by atoms with Crippen LogP contribution >= 0.6 is 36.0 Å². The predicted molar refractivity (Wildman–Crippen MR) is 60.2 cm³/mol. The summed E-state index contributed by atoms with van der Waals surface area (Å²) >= 11 is 10.6. The number of hydrogen-bond donors (Lipinski definition) is 1. The minimum absolute atomic E-state index is 0.472. The van der Waals surface area contributed by atoms with Crippen molar-refractivity contribution in [2.24, 2.45) is 0 Å². The number of thiol groups is 1. The molecule has 0 saturated heterocycles.